The average molecular weight is 208 g/mol. The first-order valence-electron chi connectivity index (χ1n) is 5.93. The Kier molecular flexibility index (Phi) is 2.61. The molecule has 0 N–H and O–H groups in total. The van der Waals surface area contributed by atoms with Crippen LogP contribution in [-0.2, 0) is 9.53 Å². The summed E-state index contributed by atoms with van der Waals surface area (Å²) in [6.45, 7) is 2.16. The van der Waals surface area contributed by atoms with Crippen LogP contribution in [-0.4, -0.2) is 13.1 Å². The highest BCUT2D eigenvalue weighted by Crippen LogP contribution is 2.62. The molecule has 2 aliphatic carbocycles. The Bertz CT molecular complexity index is 283. The summed E-state index contributed by atoms with van der Waals surface area (Å²) in [5, 5.41) is 0. The van der Waals surface area contributed by atoms with Crippen LogP contribution >= 0.6 is 0 Å². The van der Waals surface area contributed by atoms with Gasteiger partial charge in [0.2, 0.25) is 0 Å². The number of esters is 1. The van der Waals surface area contributed by atoms with Crippen molar-refractivity contribution in [2.75, 3.05) is 7.11 Å². The smallest absolute Gasteiger partial charge is 0.311 e. The molecular formula is C13H20O2. The number of hydrogen-bond acceptors (Lipinski definition) is 2. The highest BCUT2D eigenvalue weighted by atomic mass is 16.5. The molecule has 2 heteroatoms. The number of carbonyl (C=O) groups is 1. The first-order valence-corrected chi connectivity index (χ1v) is 5.93. The second-order valence-electron chi connectivity index (χ2n) is 5.12. The van der Waals surface area contributed by atoms with E-state index in [0.29, 0.717) is 5.41 Å². The summed E-state index contributed by atoms with van der Waals surface area (Å²) in [7, 11) is 1.51. The van der Waals surface area contributed by atoms with Crippen LogP contribution in [0, 0.1) is 10.8 Å². The van der Waals surface area contributed by atoms with Crippen molar-refractivity contribution in [2.45, 2.75) is 45.4 Å². The lowest BCUT2D eigenvalue weighted by atomic mass is 9.82. The van der Waals surface area contributed by atoms with Crippen molar-refractivity contribution in [3.05, 3.63) is 12.2 Å². The van der Waals surface area contributed by atoms with Gasteiger partial charge in [-0.1, -0.05) is 19.1 Å². The predicted octanol–water partition coefficient (Wildman–Crippen LogP) is 3.08. The van der Waals surface area contributed by atoms with Crippen molar-refractivity contribution in [3.8, 4) is 0 Å². The van der Waals surface area contributed by atoms with Crippen LogP contribution in [0.5, 0.6) is 0 Å². The number of ether oxygens (including phenoxy) is 1. The molecule has 2 rings (SSSR count). The van der Waals surface area contributed by atoms with E-state index in [9.17, 15) is 4.79 Å². The molecule has 0 heterocycles. The standard InChI is InChI=1S/C13H20O2/c1-3-4-5-12-6-8-13(10-12,9-7-12)11(14)15-2/h4-5H,3,6-10H2,1-2H3/b5-4+. The molecule has 0 unspecified atom stereocenters. The molecule has 0 saturated heterocycles. The van der Waals surface area contributed by atoms with E-state index in [1.54, 1.807) is 0 Å². The fourth-order valence-electron chi connectivity index (χ4n) is 3.34. The van der Waals surface area contributed by atoms with Gasteiger partial charge in [0.15, 0.2) is 0 Å². The molecule has 15 heavy (non-hydrogen) atoms. The molecule has 0 aromatic carbocycles. The number of hydrogen-bond donors (Lipinski definition) is 0. The largest absolute Gasteiger partial charge is 0.469 e. The highest BCUT2D eigenvalue weighted by Gasteiger charge is 2.57. The van der Waals surface area contributed by atoms with Crippen LogP contribution in [0.3, 0.4) is 0 Å². The van der Waals surface area contributed by atoms with Gasteiger partial charge in [-0.2, -0.15) is 0 Å². The molecule has 0 aromatic rings. The molecule has 0 aliphatic heterocycles. The third kappa shape index (κ3) is 1.60. The van der Waals surface area contributed by atoms with Gasteiger partial charge in [0.25, 0.3) is 0 Å². The maximum Gasteiger partial charge on any atom is 0.311 e. The van der Waals surface area contributed by atoms with Gasteiger partial charge >= 0.3 is 5.97 Å². The normalized spacial score (nSPS) is 38.8. The summed E-state index contributed by atoms with van der Waals surface area (Å²) in [4.78, 5) is 11.8. The fourth-order valence-corrected chi connectivity index (χ4v) is 3.34. The van der Waals surface area contributed by atoms with E-state index in [4.69, 9.17) is 4.74 Å². The van der Waals surface area contributed by atoms with Gasteiger partial charge in [-0.05, 0) is 43.9 Å². The zero-order valence-electron chi connectivity index (χ0n) is 9.71. The van der Waals surface area contributed by atoms with Crippen LogP contribution < -0.4 is 0 Å². The molecular weight excluding hydrogens is 188 g/mol. The van der Waals surface area contributed by atoms with Crippen LogP contribution in [0.1, 0.15) is 45.4 Å². The molecule has 84 valence electrons. The Morgan fingerprint density at radius 2 is 2.00 bits per heavy atom. The molecule has 0 aromatic heterocycles. The van der Waals surface area contributed by atoms with Gasteiger partial charge in [0.1, 0.15) is 0 Å². The maximum atomic E-state index is 11.8. The van der Waals surface area contributed by atoms with E-state index >= 15 is 0 Å². The first-order chi connectivity index (χ1) is 7.16. The van der Waals surface area contributed by atoms with Crippen LogP contribution in [0.4, 0.5) is 0 Å². The molecule has 0 radical (unpaired) electrons. The second kappa shape index (κ2) is 3.66. The number of fused-ring (bicyclic) bond motifs is 2. The van der Waals surface area contributed by atoms with E-state index in [1.165, 1.54) is 20.0 Å². The lowest BCUT2D eigenvalue weighted by Crippen LogP contribution is -2.27. The minimum absolute atomic E-state index is 0.0202. The van der Waals surface area contributed by atoms with Crippen molar-refractivity contribution in [2.24, 2.45) is 10.8 Å². The van der Waals surface area contributed by atoms with E-state index in [1.807, 2.05) is 0 Å². The lowest BCUT2D eigenvalue weighted by molar-refractivity contribution is -0.152. The fraction of sp³-hybridized carbons (Fsp3) is 0.769. The van der Waals surface area contributed by atoms with Crippen molar-refractivity contribution in [1.82, 2.24) is 0 Å². The number of methoxy groups -OCH3 is 1. The Balaban J connectivity index is 2.14. The highest BCUT2D eigenvalue weighted by molar-refractivity contribution is 5.78. The van der Waals surface area contributed by atoms with E-state index in [-0.39, 0.29) is 11.4 Å². The molecule has 2 nitrogen and oxygen atoms in total. The maximum absolute atomic E-state index is 11.8. The van der Waals surface area contributed by atoms with Gasteiger partial charge in [-0.3, -0.25) is 4.79 Å². The monoisotopic (exact) mass is 208 g/mol. The summed E-state index contributed by atoms with van der Waals surface area (Å²) in [5.41, 5.74) is 0.191. The zero-order valence-corrected chi connectivity index (χ0v) is 9.71. The average Bonchev–Trinajstić information content (AvgIpc) is 2.82. The Labute approximate surface area is 91.7 Å². The predicted molar refractivity (Wildman–Crippen MR) is 59.4 cm³/mol. The lowest BCUT2D eigenvalue weighted by Gasteiger charge is -2.24. The number of carbonyl (C=O) groups excluding carboxylic acids is 1. The molecule has 0 amide bonds. The quantitative estimate of drug-likeness (QED) is 0.526. The summed E-state index contributed by atoms with van der Waals surface area (Å²) < 4.78 is 4.94. The van der Waals surface area contributed by atoms with Crippen molar-refractivity contribution in [1.29, 1.82) is 0 Å². The molecule has 2 aliphatic rings. The van der Waals surface area contributed by atoms with Crippen molar-refractivity contribution < 1.29 is 9.53 Å². The third-order valence-corrected chi connectivity index (χ3v) is 4.22. The minimum atomic E-state index is -0.132. The topological polar surface area (TPSA) is 26.3 Å². The van der Waals surface area contributed by atoms with Gasteiger partial charge in [-0.25, -0.2) is 0 Å². The Hall–Kier alpha value is -0.790. The van der Waals surface area contributed by atoms with E-state index < -0.39 is 0 Å². The first kappa shape index (κ1) is 10.7. The third-order valence-electron chi connectivity index (χ3n) is 4.22. The molecule has 2 fully saturated rings. The molecule has 2 saturated carbocycles. The molecule has 2 bridgehead atoms. The van der Waals surface area contributed by atoms with Crippen LogP contribution in [0.25, 0.3) is 0 Å². The van der Waals surface area contributed by atoms with Crippen LogP contribution in [0.15, 0.2) is 12.2 Å². The SMILES string of the molecule is CC/C=C/C12CCC(C(=O)OC)(CC1)C2. The summed E-state index contributed by atoms with van der Waals surface area (Å²) >= 11 is 0. The van der Waals surface area contributed by atoms with Gasteiger partial charge in [0, 0.05) is 0 Å². The number of rotatable bonds is 3. The zero-order chi connectivity index (χ0) is 10.9. The Morgan fingerprint density at radius 3 is 2.53 bits per heavy atom. The van der Waals surface area contributed by atoms with Gasteiger partial charge in [0.05, 0.1) is 12.5 Å². The summed E-state index contributed by atoms with van der Waals surface area (Å²) in [6, 6.07) is 0. The van der Waals surface area contributed by atoms with Crippen molar-refractivity contribution in [3.63, 3.8) is 0 Å². The summed E-state index contributed by atoms with van der Waals surface area (Å²) in [5.74, 6) is 0.0202. The van der Waals surface area contributed by atoms with Crippen molar-refractivity contribution >= 4 is 5.97 Å². The number of allylic oxidation sites excluding steroid dienone is 2. The van der Waals surface area contributed by atoms with Gasteiger partial charge < -0.3 is 4.74 Å². The Morgan fingerprint density at radius 1 is 1.33 bits per heavy atom. The summed E-state index contributed by atoms with van der Waals surface area (Å²) in [6.07, 6.45) is 11.1. The molecule has 0 spiro atoms. The van der Waals surface area contributed by atoms with Gasteiger partial charge in [-0.15, -0.1) is 0 Å². The van der Waals surface area contributed by atoms with Crippen LogP contribution in [0.2, 0.25) is 0 Å². The second-order valence-corrected chi connectivity index (χ2v) is 5.12. The van der Waals surface area contributed by atoms with E-state index in [0.717, 1.165) is 25.7 Å². The molecule has 0 atom stereocenters. The minimum Gasteiger partial charge on any atom is -0.469 e. The van der Waals surface area contributed by atoms with E-state index in [2.05, 4.69) is 19.1 Å².